The lowest BCUT2D eigenvalue weighted by atomic mass is 10.1. The highest BCUT2D eigenvalue weighted by molar-refractivity contribution is 7.12. The maximum atomic E-state index is 12.3. The first-order chi connectivity index (χ1) is 11.0. The predicted octanol–water partition coefficient (Wildman–Crippen LogP) is 2.56. The van der Waals surface area contributed by atoms with Crippen molar-refractivity contribution in [3.63, 3.8) is 0 Å². The molecular weight excluding hydrogens is 348 g/mol. The van der Waals surface area contributed by atoms with Gasteiger partial charge in [-0.25, -0.2) is 0 Å². The maximum Gasteiger partial charge on any atom is 0.227 e. The first-order valence-corrected chi connectivity index (χ1v) is 8.70. The number of rotatable bonds is 5. The van der Waals surface area contributed by atoms with Gasteiger partial charge in [-0.1, -0.05) is 5.16 Å². The summed E-state index contributed by atoms with van der Waals surface area (Å²) in [7, 11) is 2.06. The normalized spacial score (nSPS) is 18.4. The molecule has 0 radical (unpaired) electrons. The minimum Gasteiger partial charge on any atom is -0.339 e. The molecule has 1 saturated heterocycles. The van der Waals surface area contributed by atoms with Gasteiger partial charge in [0.25, 0.3) is 0 Å². The van der Waals surface area contributed by atoms with E-state index >= 15 is 0 Å². The molecule has 1 fully saturated rings. The van der Waals surface area contributed by atoms with Crippen LogP contribution < -0.4 is 5.32 Å². The molecule has 1 N–H and O–H groups in total. The highest BCUT2D eigenvalue weighted by Crippen LogP contribution is 2.23. The van der Waals surface area contributed by atoms with Gasteiger partial charge < -0.3 is 9.84 Å². The van der Waals surface area contributed by atoms with Crippen molar-refractivity contribution >= 4 is 29.5 Å². The van der Waals surface area contributed by atoms with E-state index in [1.54, 1.807) is 11.3 Å². The van der Waals surface area contributed by atoms with Gasteiger partial charge in [-0.3, -0.25) is 9.69 Å². The largest absolute Gasteiger partial charge is 0.339 e. The maximum absolute atomic E-state index is 12.3. The summed E-state index contributed by atoms with van der Waals surface area (Å²) in [4.78, 5) is 21.2. The Balaban J connectivity index is 0.00000208. The van der Waals surface area contributed by atoms with Crippen LogP contribution in [0.1, 0.15) is 44.3 Å². The van der Waals surface area contributed by atoms with E-state index in [1.165, 1.54) is 4.88 Å². The molecule has 2 aromatic heterocycles. The number of piperazine rings is 1. The minimum absolute atomic E-state index is 0. The number of halogens is 1. The Morgan fingerprint density at radius 1 is 1.50 bits per heavy atom. The van der Waals surface area contributed by atoms with E-state index in [2.05, 4.69) is 27.4 Å². The number of carbonyl (C=O) groups is 1. The molecule has 24 heavy (non-hydrogen) atoms. The fraction of sp³-hybridized carbons (Fsp3) is 0.562. The van der Waals surface area contributed by atoms with Crippen LogP contribution in [0.25, 0.3) is 0 Å². The van der Waals surface area contributed by atoms with Crippen LogP contribution in [-0.4, -0.2) is 47.5 Å². The number of thiophene rings is 1. The first-order valence-electron chi connectivity index (χ1n) is 7.88. The van der Waals surface area contributed by atoms with Crippen LogP contribution in [0.15, 0.2) is 10.6 Å². The summed E-state index contributed by atoms with van der Waals surface area (Å²) in [6.07, 6.45) is 0.890. The van der Waals surface area contributed by atoms with Crippen molar-refractivity contribution in [3.05, 3.63) is 33.1 Å². The molecule has 0 spiro atoms. The van der Waals surface area contributed by atoms with Crippen molar-refractivity contribution in [3.8, 4) is 0 Å². The number of aromatic nitrogens is 2. The Kier molecular flexibility index (Phi) is 6.51. The Labute approximate surface area is 152 Å². The monoisotopic (exact) mass is 370 g/mol. The molecule has 6 nitrogen and oxygen atoms in total. The highest BCUT2D eigenvalue weighted by Gasteiger charge is 2.25. The van der Waals surface area contributed by atoms with Gasteiger partial charge in [0.15, 0.2) is 11.6 Å². The van der Waals surface area contributed by atoms with Crippen LogP contribution >= 0.6 is 23.7 Å². The van der Waals surface area contributed by atoms with Gasteiger partial charge >= 0.3 is 0 Å². The SMILES string of the molecule is Cc1cc(C(=O)CCc2nc(C3CNCCN3C)no2)c(C)s1.Cl. The van der Waals surface area contributed by atoms with Crippen molar-refractivity contribution < 1.29 is 9.32 Å². The zero-order valence-electron chi connectivity index (χ0n) is 14.2. The van der Waals surface area contributed by atoms with Crippen LogP contribution in [0, 0.1) is 13.8 Å². The highest BCUT2D eigenvalue weighted by atomic mass is 35.5. The second-order valence-corrected chi connectivity index (χ2v) is 7.46. The summed E-state index contributed by atoms with van der Waals surface area (Å²) in [6.45, 7) is 6.77. The third-order valence-electron chi connectivity index (χ3n) is 4.20. The van der Waals surface area contributed by atoms with E-state index < -0.39 is 0 Å². The number of aryl methyl sites for hydroxylation is 3. The third-order valence-corrected chi connectivity index (χ3v) is 5.17. The van der Waals surface area contributed by atoms with Crippen LogP contribution in [0.5, 0.6) is 0 Å². The van der Waals surface area contributed by atoms with Gasteiger partial charge in [-0.05, 0) is 27.0 Å². The molecule has 1 aliphatic heterocycles. The molecule has 0 amide bonds. The van der Waals surface area contributed by atoms with Gasteiger partial charge in [-0.15, -0.1) is 23.7 Å². The second-order valence-electron chi connectivity index (χ2n) is 6.00. The summed E-state index contributed by atoms with van der Waals surface area (Å²) in [5.74, 6) is 1.38. The second kappa shape index (κ2) is 8.20. The van der Waals surface area contributed by atoms with Crippen LogP contribution in [0.2, 0.25) is 0 Å². The number of nitrogens with zero attached hydrogens (tertiary/aromatic N) is 3. The molecule has 0 bridgehead atoms. The molecular formula is C16H23ClN4O2S. The Morgan fingerprint density at radius 3 is 2.96 bits per heavy atom. The zero-order chi connectivity index (χ0) is 16.4. The number of hydrogen-bond acceptors (Lipinski definition) is 7. The van der Waals surface area contributed by atoms with Gasteiger partial charge in [-0.2, -0.15) is 4.98 Å². The van der Waals surface area contributed by atoms with Gasteiger partial charge in [0.1, 0.15) is 0 Å². The number of nitrogens with one attached hydrogen (secondary N) is 1. The van der Waals surface area contributed by atoms with Gasteiger partial charge in [0.05, 0.1) is 6.04 Å². The fourth-order valence-corrected chi connectivity index (χ4v) is 3.80. The molecule has 0 aliphatic carbocycles. The minimum atomic E-state index is 0. The number of ketones is 1. The van der Waals surface area contributed by atoms with E-state index in [4.69, 9.17) is 4.52 Å². The van der Waals surface area contributed by atoms with Crippen LogP contribution in [0.4, 0.5) is 0 Å². The van der Waals surface area contributed by atoms with Crippen LogP contribution in [0.3, 0.4) is 0 Å². The average molecular weight is 371 g/mol. The summed E-state index contributed by atoms with van der Waals surface area (Å²) in [5, 5.41) is 7.42. The average Bonchev–Trinajstić information content (AvgIpc) is 3.12. The summed E-state index contributed by atoms with van der Waals surface area (Å²) >= 11 is 1.66. The molecule has 1 atom stereocenters. The van der Waals surface area contributed by atoms with Crippen molar-refractivity contribution in [2.24, 2.45) is 0 Å². The van der Waals surface area contributed by atoms with Crippen molar-refractivity contribution in [2.45, 2.75) is 32.7 Å². The van der Waals surface area contributed by atoms with Crippen molar-refractivity contribution in [2.75, 3.05) is 26.7 Å². The summed E-state index contributed by atoms with van der Waals surface area (Å²) in [5.41, 5.74) is 0.823. The first kappa shape index (κ1) is 19.1. The van der Waals surface area contributed by atoms with E-state index in [0.29, 0.717) is 24.6 Å². The molecule has 3 rings (SSSR count). The van der Waals surface area contributed by atoms with Crippen LogP contribution in [-0.2, 0) is 6.42 Å². The van der Waals surface area contributed by atoms with E-state index in [9.17, 15) is 4.79 Å². The standard InChI is InChI=1S/C16H22N4O2S.ClH/c1-10-8-12(11(2)23-10)14(21)4-5-15-18-16(19-22-15)13-9-17-6-7-20(13)3;/h8,13,17H,4-7,9H2,1-3H3;1H. The molecule has 0 saturated carbocycles. The lowest BCUT2D eigenvalue weighted by molar-refractivity contribution is 0.0979. The molecule has 2 aromatic rings. The van der Waals surface area contributed by atoms with E-state index in [0.717, 1.165) is 30.1 Å². The summed E-state index contributed by atoms with van der Waals surface area (Å²) in [6, 6.07) is 2.10. The Morgan fingerprint density at radius 2 is 2.29 bits per heavy atom. The molecule has 3 heterocycles. The number of Topliss-reactive ketones (excluding diaryl/α,β-unsaturated/α-hetero) is 1. The Hall–Kier alpha value is -1.28. The zero-order valence-corrected chi connectivity index (χ0v) is 15.8. The lowest BCUT2D eigenvalue weighted by Gasteiger charge is -2.30. The molecule has 1 aliphatic rings. The van der Waals surface area contributed by atoms with Gasteiger partial charge in [0, 0.05) is 47.8 Å². The third kappa shape index (κ3) is 4.22. The van der Waals surface area contributed by atoms with Gasteiger partial charge in [0.2, 0.25) is 5.89 Å². The van der Waals surface area contributed by atoms with Crippen molar-refractivity contribution in [1.29, 1.82) is 0 Å². The topological polar surface area (TPSA) is 71.3 Å². The quantitative estimate of drug-likeness (QED) is 0.815. The van der Waals surface area contributed by atoms with Crippen molar-refractivity contribution in [1.82, 2.24) is 20.4 Å². The lowest BCUT2D eigenvalue weighted by Crippen LogP contribution is -2.44. The predicted molar refractivity (Wildman–Crippen MR) is 96.2 cm³/mol. The Bertz CT molecular complexity index is 700. The fourth-order valence-electron chi connectivity index (χ4n) is 2.86. The van der Waals surface area contributed by atoms with E-state index in [1.807, 2.05) is 19.9 Å². The molecule has 1 unspecified atom stereocenters. The number of carbonyl (C=O) groups excluding carboxylic acids is 1. The number of hydrogen-bond donors (Lipinski definition) is 1. The summed E-state index contributed by atoms with van der Waals surface area (Å²) < 4.78 is 5.32. The smallest absolute Gasteiger partial charge is 0.227 e. The molecule has 0 aromatic carbocycles. The molecule has 8 heteroatoms. The molecule has 132 valence electrons. The number of likely N-dealkylation sites (N-methyl/N-ethyl adjacent to an activating group) is 1. The van der Waals surface area contributed by atoms with E-state index in [-0.39, 0.29) is 24.2 Å².